The van der Waals surface area contributed by atoms with Gasteiger partial charge in [0, 0.05) is 30.9 Å². The van der Waals surface area contributed by atoms with E-state index in [2.05, 4.69) is 25.5 Å². The van der Waals surface area contributed by atoms with Crippen LogP contribution in [0.5, 0.6) is 0 Å². The van der Waals surface area contributed by atoms with Crippen LogP contribution < -0.4 is 5.32 Å². The van der Waals surface area contributed by atoms with Gasteiger partial charge in [0.1, 0.15) is 10.0 Å². The third kappa shape index (κ3) is 2.59. The summed E-state index contributed by atoms with van der Waals surface area (Å²) in [5, 5.41) is 13.5. The van der Waals surface area contributed by atoms with Gasteiger partial charge in [-0.2, -0.15) is 0 Å². The number of rotatable bonds is 4. The van der Waals surface area contributed by atoms with Gasteiger partial charge in [0.05, 0.1) is 11.0 Å². The van der Waals surface area contributed by atoms with Gasteiger partial charge in [-0.3, -0.25) is 9.97 Å². The van der Waals surface area contributed by atoms with E-state index in [1.54, 1.807) is 23.7 Å². The highest BCUT2D eigenvalue weighted by molar-refractivity contribution is 7.14. The number of hydrogen-bond acceptors (Lipinski definition) is 6. The lowest BCUT2D eigenvalue weighted by Gasteiger charge is -1.98. The highest BCUT2D eigenvalue weighted by Crippen LogP contribution is 2.25. The summed E-state index contributed by atoms with van der Waals surface area (Å²) < 4.78 is 0. The van der Waals surface area contributed by atoms with Crippen LogP contribution in [-0.4, -0.2) is 33.8 Å². The smallest absolute Gasteiger partial charge is 0.147 e. The molecule has 3 aromatic rings. The minimum atomic E-state index is 0.881. The normalized spacial score (nSPS) is 11.0. The van der Waals surface area contributed by atoms with Crippen LogP contribution >= 0.6 is 11.3 Å². The zero-order valence-corrected chi connectivity index (χ0v) is 11.3. The first-order valence-electron chi connectivity index (χ1n) is 6.05. The van der Waals surface area contributed by atoms with Crippen molar-refractivity contribution in [1.29, 1.82) is 0 Å². The van der Waals surface area contributed by atoms with E-state index in [1.807, 2.05) is 25.2 Å². The van der Waals surface area contributed by atoms with E-state index in [4.69, 9.17) is 0 Å². The molecule has 6 heteroatoms. The summed E-state index contributed by atoms with van der Waals surface area (Å²) in [7, 11) is 1.93. The Hall–Kier alpha value is -1.92. The molecule has 0 saturated heterocycles. The maximum atomic E-state index is 4.31. The molecule has 0 atom stereocenters. The zero-order valence-electron chi connectivity index (χ0n) is 10.5. The van der Waals surface area contributed by atoms with Crippen LogP contribution in [0.2, 0.25) is 0 Å². The molecule has 2 aromatic heterocycles. The first kappa shape index (κ1) is 12.1. The van der Waals surface area contributed by atoms with Crippen LogP contribution in [0.1, 0.15) is 5.01 Å². The Bertz CT molecular complexity index is 694. The first-order valence-corrected chi connectivity index (χ1v) is 6.86. The molecular formula is C13H13N5S. The number of fused-ring (bicyclic) bond motifs is 1. The predicted octanol–water partition coefficient (Wildman–Crippen LogP) is 1.91. The minimum Gasteiger partial charge on any atom is -0.319 e. The molecule has 1 N–H and O–H groups in total. The molecule has 0 spiro atoms. The van der Waals surface area contributed by atoms with Crippen LogP contribution in [0.4, 0.5) is 0 Å². The van der Waals surface area contributed by atoms with Gasteiger partial charge in [0.2, 0.25) is 0 Å². The summed E-state index contributed by atoms with van der Waals surface area (Å²) in [6.45, 7) is 0.915. The molecule has 0 amide bonds. The summed E-state index contributed by atoms with van der Waals surface area (Å²) in [6.07, 6.45) is 4.30. The monoisotopic (exact) mass is 271 g/mol. The highest BCUT2D eigenvalue weighted by atomic mass is 32.1. The lowest BCUT2D eigenvalue weighted by atomic mass is 10.2. The summed E-state index contributed by atoms with van der Waals surface area (Å²) in [4.78, 5) is 8.57. The van der Waals surface area contributed by atoms with E-state index in [0.717, 1.165) is 39.6 Å². The summed E-state index contributed by atoms with van der Waals surface area (Å²) >= 11 is 1.62. The fourth-order valence-electron chi connectivity index (χ4n) is 1.80. The molecule has 0 bridgehead atoms. The summed E-state index contributed by atoms with van der Waals surface area (Å²) in [5.41, 5.74) is 2.82. The van der Waals surface area contributed by atoms with Gasteiger partial charge in [0.15, 0.2) is 0 Å². The second-order valence-electron chi connectivity index (χ2n) is 4.11. The van der Waals surface area contributed by atoms with E-state index in [-0.39, 0.29) is 0 Å². The molecule has 96 valence electrons. The molecule has 0 unspecified atom stereocenters. The second kappa shape index (κ2) is 5.38. The van der Waals surface area contributed by atoms with Gasteiger partial charge in [-0.1, -0.05) is 11.3 Å². The Kier molecular flexibility index (Phi) is 3.43. The minimum absolute atomic E-state index is 0.881. The maximum Gasteiger partial charge on any atom is 0.147 e. The van der Waals surface area contributed by atoms with Crippen LogP contribution in [0.25, 0.3) is 21.6 Å². The third-order valence-corrected chi connectivity index (χ3v) is 3.80. The fraction of sp³-hybridized carbons (Fsp3) is 0.231. The van der Waals surface area contributed by atoms with E-state index in [9.17, 15) is 0 Å². The topological polar surface area (TPSA) is 63.6 Å². The van der Waals surface area contributed by atoms with Crippen molar-refractivity contribution in [2.75, 3.05) is 13.6 Å². The first-order chi connectivity index (χ1) is 9.36. The number of aromatic nitrogens is 4. The fourth-order valence-corrected chi connectivity index (χ4v) is 2.63. The molecule has 0 fully saturated rings. The molecule has 2 heterocycles. The van der Waals surface area contributed by atoms with Crippen LogP contribution in [0.3, 0.4) is 0 Å². The van der Waals surface area contributed by atoms with E-state index in [0.29, 0.717) is 0 Å². The zero-order chi connectivity index (χ0) is 13.1. The number of benzene rings is 1. The SMILES string of the molecule is CNCCc1nnc(-c2ccc3nccnc3c2)s1. The van der Waals surface area contributed by atoms with Gasteiger partial charge >= 0.3 is 0 Å². The number of nitrogens with zero attached hydrogens (tertiary/aromatic N) is 4. The summed E-state index contributed by atoms with van der Waals surface area (Å²) in [6, 6.07) is 5.98. The standard InChI is InChI=1S/C13H13N5S/c1-14-5-4-12-17-18-13(19-12)9-2-3-10-11(8-9)16-7-6-15-10/h2-3,6-8,14H,4-5H2,1H3. The molecule has 19 heavy (non-hydrogen) atoms. The van der Waals surface area contributed by atoms with Crippen LogP contribution in [-0.2, 0) is 6.42 Å². The maximum absolute atomic E-state index is 4.31. The van der Waals surface area contributed by atoms with Crippen LogP contribution in [0.15, 0.2) is 30.6 Å². The quantitative estimate of drug-likeness (QED) is 0.785. The van der Waals surface area contributed by atoms with Gasteiger partial charge in [-0.05, 0) is 25.2 Å². The largest absolute Gasteiger partial charge is 0.319 e. The van der Waals surface area contributed by atoms with Gasteiger partial charge in [-0.15, -0.1) is 10.2 Å². The third-order valence-electron chi connectivity index (χ3n) is 2.77. The van der Waals surface area contributed by atoms with Crippen molar-refractivity contribution in [3.05, 3.63) is 35.6 Å². The summed E-state index contributed by atoms with van der Waals surface area (Å²) in [5.74, 6) is 0. The van der Waals surface area contributed by atoms with E-state index < -0.39 is 0 Å². The van der Waals surface area contributed by atoms with Gasteiger partial charge in [-0.25, -0.2) is 0 Å². The molecule has 0 aliphatic heterocycles. The Morgan fingerprint density at radius 1 is 1.11 bits per heavy atom. The molecule has 0 radical (unpaired) electrons. The highest BCUT2D eigenvalue weighted by Gasteiger charge is 2.07. The number of likely N-dealkylation sites (N-methyl/N-ethyl adjacent to an activating group) is 1. The van der Waals surface area contributed by atoms with Crippen molar-refractivity contribution in [3.63, 3.8) is 0 Å². The van der Waals surface area contributed by atoms with E-state index >= 15 is 0 Å². The average Bonchev–Trinajstić information content (AvgIpc) is 2.93. The van der Waals surface area contributed by atoms with Crippen molar-refractivity contribution < 1.29 is 0 Å². The molecule has 0 aliphatic rings. The lowest BCUT2D eigenvalue weighted by molar-refractivity contribution is 0.779. The average molecular weight is 271 g/mol. The van der Waals surface area contributed by atoms with Crippen molar-refractivity contribution in [3.8, 4) is 10.6 Å². The molecule has 0 aliphatic carbocycles. The van der Waals surface area contributed by atoms with Crippen molar-refractivity contribution in [2.45, 2.75) is 6.42 Å². The Labute approximate surface area is 114 Å². The van der Waals surface area contributed by atoms with Gasteiger partial charge < -0.3 is 5.32 Å². The molecule has 0 saturated carbocycles. The Balaban J connectivity index is 1.92. The predicted molar refractivity (Wildman–Crippen MR) is 76.1 cm³/mol. The molecular weight excluding hydrogens is 258 g/mol. The number of hydrogen-bond donors (Lipinski definition) is 1. The molecule has 1 aromatic carbocycles. The Morgan fingerprint density at radius 2 is 1.95 bits per heavy atom. The van der Waals surface area contributed by atoms with Crippen molar-refractivity contribution >= 4 is 22.4 Å². The molecule has 5 nitrogen and oxygen atoms in total. The molecule has 3 rings (SSSR count). The van der Waals surface area contributed by atoms with Gasteiger partial charge in [0.25, 0.3) is 0 Å². The number of nitrogens with one attached hydrogen (secondary N) is 1. The van der Waals surface area contributed by atoms with Crippen LogP contribution in [0, 0.1) is 0 Å². The second-order valence-corrected chi connectivity index (χ2v) is 5.18. The Morgan fingerprint density at radius 3 is 2.79 bits per heavy atom. The van der Waals surface area contributed by atoms with Crippen molar-refractivity contribution in [2.24, 2.45) is 0 Å². The lowest BCUT2D eigenvalue weighted by Crippen LogP contribution is -2.09. The van der Waals surface area contributed by atoms with E-state index in [1.165, 1.54) is 0 Å². The van der Waals surface area contributed by atoms with Crippen molar-refractivity contribution in [1.82, 2.24) is 25.5 Å².